The van der Waals surface area contributed by atoms with Crippen LogP contribution in [0.5, 0.6) is 0 Å². The highest BCUT2D eigenvalue weighted by Gasteiger charge is 2.30. The van der Waals surface area contributed by atoms with E-state index < -0.39 is 10.0 Å². The van der Waals surface area contributed by atoms with Crippen LogP contribution in [0.2, 0.25) is 0 Å². The van der Waals surface area contributed by atoms with Crippen LogP contribution in [-0.4, -0.2) is 35.4 Å². The Hall–Kier alpha value is -0.880. The molecule has 6 heteroatoms. The van der Waals surface area contributed by atoms with E-state index >= 15 is 0 Å². The van der Waals surface area contributed by atoms with Gasteiger partial charge in [0.1, 0.15) is 0 Å². The number of aromatic nitrogens is 2. The molecule has 0 spiro atoms. The first-order valence-electron chi connectivity index (χ1n) is 6.06. The molecule has 1 aliphatic heterocycles. The molecule has 1 unspecified atom stereocenters. The van der Waals surface area contributed by atoms with Crippen molar-refractivity contribution in [1.29, 1.82) is 0 Å². The van der Waals surface area contributed by atoms with Crippen LogP contribution in [0.1, 0.15) is 26.7 Å². The van der Waals surface area contributed by atoms with Crippen molar-refractivity contribution < 1.29 is 8.42 Å². The number of imidazole rings is 1. The maximum Gasteiger partial charge on any atom is 0.260 e. The van der Waals surface area contributed by atoms with Crippen molar-refractivity contribution in [1.82, 2.24) is 13.9 Å². The van der Waals surface area contributed by atoms with E-state index in [1.54, 1.807) is 15.2 Å². The molecule has 0 aliphatic carbocycles. The average Bonchev–Trinajstić information content (AvgIpc) is 2.77. The molecule has 5 nitrogen and oxygen atoms in total. The molecule has 1 atom stereocenters. The molecule has 0 aromatic carbocycles. The molecular weight excluding hydrogens is 238 g/mol. The van der Waals surface area contributed by atoms with E-state index in [0.29, 0.717) is 30.6 Å². The van der Waals surface area contributed by atoms with E-state index in [9.17, 15) is 8.42 Å². The number of hydrogen-bond donors (Lipinski definition) is 0. The van der Waals surface area contributed by atoms with Gasteiger partial charge in [0.05, 0.1) is 12.5 Å². The van der Waals surface area contributed by atoms with Crippen molar-refractivity contribution in [3.05, 3.63) is 12.5 Å². The lowest BCUT2D eigenvalue weighted by Gasteiger charge is -2.29. The van der Waals surface area contributed by atoms with Crippen molar-refractivity contribution in [2.24, 2.45) is 5.92 Å². The Kier molecular flexibility index (Phi) is 3.53. The molecule has 0 bridgehead atoms. The number of piperidine rings is 1. The summed E-state index contributed by atoms with van der Waals surface area (Å²) in [5.41, 5.74) is 0. The predicted octanol–water partition coefficient (Wildman–Crippen LogP) is 1.32. The third-order valence-corrected chi connectivity index (χ3v) is 5.12. The first-order valence-corrected chi connectivity index (χ1v) is 7.50. The monoisotopic (exact) mass is 257 g/mol. The Bertz CT molecular complexity index is 481. The molecule has 1 saturated heterocycles. The van der Waals surface area contributed by atoms with Gasteiger partial charge in [-0.25, -0.2) is 13.4 Å². The summed E-state index contributed by atoms with van der Waals surface area (Å²) in [7, 11) is -3.36. The number of rotatable bonds is 3. The van der Waals surface area contributed by atoms with Crippen LogP contribution in [0.25, 0.3) is 0 Å². The Morgan fingerprint density at radius 1 is 1.53 bits per heavy atom. The molecule has 2 heterocycles. The normalized spacial score (nSPS) is 22.8. The zero-order valence-corrected chi connectivity index (χ0v) is 11.2. The van der Waals surface area contributed by atoms with Crippen LogP contribution >= 0.6 is 0 Å². The van der Waals surface area contributed by atoms with Crippen molar-refractivity contribution in [3.8, 4) is 0 Å². The van der Waals surface area contributed by atoms with Gasteiger partial charge in [0.15, 0.2) is 5.03 Å². The first-order chi connectivity index (χ1) is 8.05. The lowest BCUT2D eigenvalue weighted by Crippen LogP contribution is -2.39. The summed E-state index contributed by atoms with van der Waals surface area (Å²) in [5.74, 6) is 0.441. The van der Waals surface area contributed by atoms with Gasteiger partial charge in [-0.15, -0.1) is 0 Å². The van der Waals surface area contributed by atoms with E-state index in [0.717, 1.165) is 12.8 Å². The van der Waals surface area contributed by atoms with Gasteiger partial charge in [0.25, 0.3) is 10.0 Å². The summed E-state index contributed by atoms with van der Waals surface area (Å²) < 4.78 is 28.1. The lowest BCUT2D eigenvalue weighted by atomic mass is 10.0. The zero-order valence-electron chi connectivity index (χ0n) is 10.3. The standard InChI is InChI=1S/C11H19N3O2S/c1-3-13-9-12-7-11(13)17(15,16)14-6-4-5-10(2)8-14/h7,9-10H,3-6,8H2,1-2H3. The third-order valence-electron chi connectivity index (χ3n) is 3.24. The zero-order chi connectivity index (χ0) is 12.5. The summed E-state index contributed by atoms with van der Waals surface area (Å²) in [4.78, 5) is 3.93. The summed E-state index contributed by atoms with van der Waals surface area (Å²) in [6, 6.07) is 0. The minimum absolute atomic E-state index is 0.314. The van der Waals surface area contributed by atoms with Crippen LogP contribution in [0.4, 0.5) is 0 Å². The molecule has 96 valence electrons. The van der Waals surface area contributed by atoms with Crippen LogP contribution in [0, 0.1) is 5.92 Å². The van der Waals surface area contributed by atoms with E-state index in [4.69, 9.17) is 0 Å². The SMILES string of the molecule is CCn1cncc1S(=O)(=O)N1CCCC(C)C1. The number of hydrogen-bond acceptors (Lipinski definition) is 3. The van der Waals surface area contributed by atoms with Crippen LogP contribution in [0.15, 0.2) is 17.6 Å². The molecule has 1 fully saturated rings. The molecule has 2 rings (SSSR count). The molecule has 0 radical (unpaired) electrons. The van der Waals surface area contributed by atoms with Crippen molar-refractivity contribution >= 4 is 10.0 Å². The summed E-state index contributed by atoms with van der Waals surface area (Å²) >= 11 is 0. The Morgan fingerprint density at radius 3 is 2.94 bits per heavy atom. The van der Waals surface area contributed by atoms with Gasteiger partial charge in [-0.05, 0) is 25.7 Å². The number of sulfonamides is 1. The highest BCUT2D eigenvalue weighted by molar-refractivity contribution is 7.89. The highest BCUT2D eigenvalue weighted by atomic mass is 32.2. The number of nitrogens with zero attached hydrogens (tertiary/aromatic N) is 3. The molecular formula is C11H19N3O2S. The highest BCUT2D eigenvalue weighted by Crippen LogP contribution is 2.23. The van der Waals surface area contributed by atoms with Gasteiger partial charge in [-0.1, -0.05) is 6.92 Å². The molecule has 0 saturated carbocycles. The molecule has 0 N–H and O–H groups in total. The topological polar surface area (TPSA) is 55.2 Å². The Labute approximate surface area is 103 Å². The average molecular weight is 257 g/mol. The van der Waals surface area contributed by atoms with Crippen LogP contribution < -0.4 is 0 Å². The fraction of sp³-hybridized carbons (Fsp3) is 0.727. The van der Waals surface area contributed by atoms with Crippen molar-refractivity contribution in [3.63, 3.8) is 0 Å². The van der Waals surface area contributed by atoms with Crippen molar-refractivity contribution in [2.75, 3.05) is 13.1 Å². The fourth-order valence-electron chi connectivity index (χ4n) is 2.26. The third kappa shape index (κ3) is 2.37. The number of aryl methyl sites for hydroxylation is 1. The minimum Gasteiger partial charge on any atom is -0.321 e. The molecule has 0 amide bonds. The molecule has 1 aromatic rings. The second-order valence-electron chi connectivity index (χ2n) is 4.63. The van der Waals surface area contributed by atoms with E-state index in [-0.39, 0.29) is 0 Å². The van der Waals surface area contributed by atoms with Gasteiger partial charge >= 0.3 is 0 Å². The Balaban J connectivity index is 2.30. The Morgan fingerprint density at radius 2 is 2.29 bits per heavy atom. The molecule has 1 aromatic heterocycles. The predicted molar refractivity (Wildman–Crippen MR) is 65.1 cm³/mol. The van der Waals surface area contributed by atoms with Gasteiger partial charge < -0.3 is 4.57 Å². The summed E-state index contributed by atoms with van der Waals surface area (Å²) in [6.07, 6.45) is 5.07. The van der Waals surface area contributed by atoms with Gasteiger partial charge in [0.2, 0.25) is 0 Å². The van der Waals surface area contributed by atoms with E-state index in [2.05, 4.69) is 11.9 Å². The van der Waals surface area contributed by atoms with Gasteiger partial charge in [-0.3, -0.25) is 0 Å². The van der Waals surface area contributed by atoms with Crippen LogP contribution in [-0.2, 0) is 16.6 Å². The second kappa shape index (κ2) is 4.78. The van der Waals surface area contributed by atoms with Crippen LogP contribution in [0.3, 0.4) is 0 Å². The van der Waals surface area contributed by atoms with E-state index in [1.165, 1.54) is 6.20 Å². The maximum atomic E-state index is 12.4. The fourth-order valence-corrected chi connectivity index (χ4v) is 4.01. The summed E-state index contributed by atoms with van der Waals surface area (Å²) in [6.45, 7) is 5.88. The quantitative estimate of drug-likeness (QED) is 0.820. The minimum atomic E-state index is -3.36. The first kappa shape index (κ1) is 12.6. The smallest absolute Gasteiger partial charge is 0.260 e. The lowest BCUT2D eigenvalue weighted by molar-refractivity contribution is 0.279. The second-order valence-corrected chi connectivity index (χ2v) is 6.51. The molecule has 1 aliphatic rings. The van der Waals surface area contributed by atoms with Gasteiger partial charge in [-0.2, -0.15) is 4.31 Å². The largest absolute Gasteiger partial charge is 0.321 e. The summed E-state index contributed by atoms with van der Waals surface area (Å²) in [5, 5.41) is 0.314. The van der Waals surface area contributed by atoms with E-state index in [1.807, 2.05) is 6.92 Å². The molecule has 17 heavy (non-hydrogen) atoms. The van der Waals surface area contributed by atoms with Crippen molar-refractivity contribution in [2.45, 2.75) is 38.3 Å². The maximum absolute atomic E-state index is 12.4. The van der Waals surface area contributed by atoms with Gasteiger partial charge in [0, 0.05) is 19.6 Å².